The van der Waals surface area contributed by atoms with E-state index in [0.717, 1.165) is 0 Å². The number of rotatable bonds is 8. The summed E-state index contributed by atoms with van der Waals surface area (Å²) in [5, 5.41) is 13.2. The van der Waals surface area contributed by atoms with Crippen molar-refractivity contribution in [3.63, 3.8) is 0 Å². The Bertz CT molecular complexity index is 655. The summed E-state index contributed by atoms with van der Waals surface area (Å²) in [6.45, 7) is 1.82. The van der Waals surface area contributed by atoms with Crippen molar-refractivity contribution in [3.05, 3.63) is 39.9 Å². The van der Waals surface area contributed by atoms with Crippen LogP contribution in [0.3, 0.4) is 0 Å². The third-order valence-electron chi connectivity index (χ3n) is 3.93. The summed E-state index contributed by atoms with van der Waals surface area (Å²) in [6.07, 6.45) is 0.432. The van der Waals surface area contributed by atoms with E-state index in [1.54, 1.807) is 0 Å². The number of carbonyl (C=O) groups excluding carboxylic acids is 3. The van der Waals surface area contributed by atoms with Crippen LogP contribution in [0.2, 0.25) is 0 Å². The summed E-state index contributed by atoms with van der Waals surface area (Å²) in [6, 6.07) is 5.42. The van der Waals surface area contributed by atoms with E-state index in [0.29, 0.717) is 12.0 Å². The molecule has 0 bridgehead atoms. The zero-order chi connectivity index (χ0) is 17.7. The second-order valence-corrected chi connectivity index (χ2v) is 5.63. The Kier molecular flexibility index (Phi) is 5.62. The van der Waals surface area contributed by atoms with Crippen molar-refractivity contribution in [1.82, 2.24) is 5.32 Å². The van der Waals surface area contributed by atoms with Gasteiger partial charge in [0.1, 0.15) is 18.8 Å². The summed E-state index contributed by atoms with van der Waals surface area (Å²) < 4.78 is 4.99. The summed E-state index contributed by atoms with van der Waals surface area (Å²) in [7, 11) is 0. The number of ketones is 1. The van der Waals surface area contributed by atoms with Gasteiger partial charge in [-0.05, 0) is 24.1 Å². The molecular formula is C16H18N2O6. The molecule has 2 atom stereocenters. The van der Waals surface area contributed by atoms with E-state index in [2.05, 4.69) is 5.32 Å². The molecular weight excluding hydrogens is 316 g/mol. The van der Waals surface area contributed by atoms with Crippen LogP contribution >= 0.6 is 0 Å². The molecule has 0 aliphatic carbocycles. The minimum absolute atomic E-state index is 0.0479. The highest BCUT2D eigenvalue weighted by molar-refractivity contribution is 5.97. The highest BCUT2D eigenvalue weighted by Crippen LogP contribution is 2.22. The van der Waals surface area contributed by atoms with Crippen molar-refractivity contribution in [2.75, 3.05) is 0 Å². The van der Waals surface area contributed by atoms with Gasteiger partial charge >= 0.3 is 5.97 Å². The molecule has 0 unspecified atom stereocenters. The van der Waals surface area contributed by atoms with Crippen LogP contribution < -0.4 is 5.32 Å². The van der Waals surface area contributed by atoms with Crippen LogP contribution in [0.15, 0.2) is 24.3 Å². The molecule has 0 radical (unpaired) electrons. The number of nitro groups is 1. The SMILES string of the molecule is CC[C@@H]1C(=O)N[C@@H]1CC(=O)CC(=O)OCc1ccc([N+](=O)[O-])cc1. The third kappa shape index (κ3) is 4.37. The quantitative estimate of drug-likeness (QED) is 0.253. The number of benzene rings is 1. The molecule has 8 nitrogen and oxygen atoms in total. The number of β-lactam (4-membered cyclic amide) rings is 1. The predicted octanol–water partition coefficient (Wildman–Crippen LogP) is 1.51. The Morgan fingerprint density at radius 1 is 1.29 bits per heavy atom. The first kappa shape index (κ1) is 17.6. The largest absolute Gasteiger partial charge is 0.460 e. The van der Waals surface area contributed by atoms with Crippen molar-refractivity contribution < 1.29 is 24.0 Å². The predicted molar refractivity (Wildman–Crippen MR) is 82.8 cm³/mol. The van der Waals surface area contributed by atoms with E-state index in [-0.39, 0.29) is 48.8 Å². The number of carbonyl (C=O) groups is 3. The van der Waals surface area contributed by atoms with Gasteiger partial charge < -0.3 is 10.1 Å². The lowest BCUT2D eigenvalue weighted by Crippen LogP contribution is -2.58. The number of nitro benzene ring substituents is 1. The molecule has 1 aromatic carbocycles. The van der Waals surface area contributed by atoms with Gasteiger partial charge in [0.05, 0.1) is 10.8 Å². The molecule has 8 heteroatoms. The molecule has 1 heterocycles. The van der Waals surface area contributed by atoms with Gasteiger partial charge in [0.15, 0.2) is 0 Å². The summed E-state index contributed by atoms with van der Waals surface area (Å²) in [4.78, 5) is 44.8. The van der Waals surface area contributed by atoms with Crippen molar-refractivity contribution in [2.45, 2.75) is 38.8 Å². The van der Waals surface area contributed by atoms with E-state index in [1.165, 1.54) is 24.3 Å². The number of ether oxygens (including phenoxy) is 1. The maximum Gasteiger partial charge on any atom is 0.313 e. The van der Waals surface area contributed by atoms with Crippen molar-refractivity contribution in [3.8, 4) is 0 Å². The van der Waals surface area contributed by atoms with Crippen LogP contribution in [0.1, 0.15) is 31.7 Å². The number of hydrogen-bond acceptors (Lipinski definition) is 6. The summed E-state index contributed by atoms with van der Waals surface area (Å²) in [5.74, 6) is -1.16. The van der Waals surface area contributed by atoms with Crippen molar-refractivity contribution in [2.24, 2.45) is 5.92 Å². The van der Waals surface area contributed by atoms with Gasteiger partial charge in [0.2, 0.25) is 5.91 Å². The molecule has 0 spiro atoms. The van der Waals surface area contributed by atoms with Gasteiger partial charge in [0.25, 0.3) is 5.69 Å². The van der Waals surface area contributed by atoms with Crippen molar-refractivity contribution in [1.29, 1.82) is 0 Å². The lowest BCUT2D eigenvalue weighted by molar-refractivity contribution is -0.384. The van der Waals surface area contributed by atoms with E-state index in [4.69, 9.17) is 4.74 Å². The molecule has 1 aliphatic rings. The van der Waals surface area contributed by atoms with Gasteiger partial charge in [-0.2, -0.15) is 0 Å². The fourth-order valence-electron chi connectivity index (χ4n) is 2.55. The molecule has 0 saturated carbocycles. The molecule has 0 aromatic heterocycles. The molecule has 1 amide bonds. The van der Waals surface area contributed by atoms with Crippen molar-refractivity contribution >= 4 is 23.3 Å². The smallest absolute Gasteiger partial charge is 0.313 e. The minimum atomic E-state index is -0.656. The lowest BCUT2D eigenvalue weighted by Gasteiger charge is -2.35. The topological polar surface area (TPSA) is 116 Å². The number of nitrogens with zero attached hydrogens (tertiary/aromatic N) is 1. The highest BCUT2D eigenvalue weighted by atomic mass is 16.6. The number of amides is 1. The molecule has 2 rings (SSSR count). The number of non-ortho nitro benzene ring substituents is 1. The van der Waals surface area contributed by atoms with E-state index in [9.17, 15) is 24.5 Å². The average Bonchev–Trinajstić information content (AvgIpc) is 2.53. The highest BCUT2D eigenvalue weighted by Gasteiger charge is 2.38. The number of esters is 1. The monoisotopic (exact) mass is 334 g/mol. The van der Waals surface area contributed by atoms with Gasteiger partial charge in [-0.3, -0.25) is 24.5 Å². The molecule has 1 aromatic rings. The summed E-state index contributed by atoms with van der Waals surface area (Å²) in [5.41, 5.74) is 0.548. The Balaban J connectivity index is 1.73. The maximum atomic E-state index is 11.8. The molecule has 128 valence electrons. The normalized spacial score (nSPS) is 19.1. The van der Waals surface area contributed by atoms with Crippen LogP contribution in [0.5, 0.6) is 0 Å². The van der Waals surface area contributed by atoms with Crippen LogP contribution in [-0.2, 0) is 25.7 Å². The van der Waals surface area contributed by atoms with E-state index >= 15 is 0 Å². The van der Waals surface area contributed by atoms with Crippen LogP contribution in [0.25, 0.3) is 0 Å². The Morgan fingerprint density at radius 3 is 2.50 bits per heavy atom. The van der Waals surface area contributed by atoms with E-state index < -0.39 is 10.9 Å². The average molecular weight is 334 g/mol. The second kappa shape index (κ2) is 7.67. The number of Topliss-reactive ketones (excluding diaryl/α,β-unsaturated/α-hetero) is 1. The van der Waals surface area contributed by atoms with Crippen LogP contribution in [0.4, 0.5) is 5.69 Å². The minimum Gasteiger partial charge on any atom is -0.460 e. The van der Waals surface area contributed by atoms with Gasteiger partial charge in [0, 0.05) is 24.6 Å². The molecule has 1 N–H and O–H groups in total. The lowest BCUT2D eigenvalue weighted by atomic mass is 9.84. The third-order valence-corrected chi connectivity index (χ3v) is 3.93. The first-order valence-corrected chi connectivity index (χ1v) is 7.61. The zero-order valence-electron chi connectivity index (χ0n) is 13.2. The van der Waals surface area contributed by atoms with Gasteiger partial charge in [-0.25, -0.2) is 0 Å². The van der Waals surface area contributed by atoms with Gasteiger partial charge in [-0.1, -0.05) is 6.92 Å². The maximum absolute atomic E-state index is 11.8. The standard InChI is InChI=1S/C16H18N2O6/c1-2-13-14(17-16(13)21)7-12(19)8-15(20)24-9-10-3-5-11(6-4-10)18(22)23/h3-6,13-14H,2,7-9H2,1H3,(H,17,21)/t13-,14+/m0/s1. The second-order valence-electron chi connectivity index (χ2n) is 5.63. The fraction of sp³-hybridized carbons (Fsp3) is 0.438. The Labute approximate surface area is 138 Å². The number of hydrogen-bond donors (Lipinski definition) is 1. The first-order chi connectivity index (χ1) is 11.4. The molecule has 1 aliphatic heterocycles. The van der Waals surface area contributed by atoms with E-state index in [1.807, 2.05) is 6.92 Å². The zero-order valence-corrected chi connectivity index (χ0v) is 13.2. The molecule has 24 heavy (non-hydrogen) atoms. The first-order valence-electron chi connectivity index (χ1n) is 7.61. The Hall–Kier alpha value is -2.77. The van der Waals surface area contributed by atoms with Gasteiger partial charge in [-0.15, -0.1) is 0 Å². The molecule has 1 fully saturated rings. The Morgan fingerprint density at radius 2 is 1.96 bits per heavy atom. The summed E-state index contributed by atoms with van der Waals surface area (Å²) >= 11 is 0. The van der Waals surface area contributed by atoms with Crippen LogP contribution in [-0.4, -0.2) is 28.6 Å². The van der Waals surface area contributed by atoms with Crippen LogP contribution in [0, 0.1) is 16.0 Å². The number of nitrogens with one attached hydrogen (secondary N) is 1. The molecule has 1 saturated heterocycles. The fourth-order valence-corrected chi connectivity index (χ4v) is 2.55.